The number of carbonyl (C=O) groups is 1. The summed E-state index contributed by atoms with van der Waals surface area (Å²) in [5, 5.41) is 2.94. The summed E-state index contributed by atoms with van der Waals surface area (Å²) in [4.78, 5) is 12.3. The zero-order valence-corrected chi connectivity index (χ0v) is 16.3. The molecule has 1 amide bonds. The van der Waals surface area contributed by atoms with Crippen molar-refractivity contribution in [2.24, 2.45) is 5.73 Å². The van der Waals surface area contributed by atoms with Crippen LogP contribution in [0.1, 0.15) is 28.9 Å². The molecule has 2 aromatic rings. The summed E-state index contributed by atoms with van der Waals surface area (Å²) in [6, 6.07) is 16.2. The van der Waals surface area contributed by atoms with Crippen LogP contribution in [0.15, 0.2) is 66.5 Å². The number of nitrogens with one attached hydrogen (secondary N) is 1. The summed E-state index contributed by atoms with van der Waals surface area (Å²) >= 11 is 0. The van der Waals surface area contributed by atoms with Gasteiger partial charge in [-0.15, -0.1) is 12.4 Å². The number of halogens is 2. The average Bonchev–Trinajstić information content (AvgIpc) is 2.61. The molecule has 0 heterocycles. The third-order valence-electron chi connectivity index (χ3n) is 3.48. The van der Waals surface area contributed by atoms with E-state index in [0.717, 1.165) is 5.56 Å². The second-order valence-corrected chi connectivity index (χ2v) is 5.31. The van der Waals surface area contributed by atoms with E-state index in [9.17, 15) is 9.18 Å². The van der Waals surface area contributed by atoms with Gasteiger partial charge in [-0.05, 0) is 42.8 Å². The molecule has 142 valence electrons. The molecule has 0 aromatic heterocycles. The van der Waals surface area contributed by atoms with Crippen LogP contribution in [0.25, 0.3) is 0 Å². The highest BCUT2D eigenvalue weighted by Gasteiger charge is 2.11. The van der Waals surface area contributed by atoms with Gasteiger partial charge in [0.1, 0.15) is 18.2 Å². The fourth-order valence-electron chi connectivity index (χ4n) is 2.15. The number of benzene rings is 2. The minimum Gasteiger partial charge on any atom is -0.487 e. The monoisotopic (exact) mass is 398 g/mol. The molecule has 2 aromatic carbocycles. The van der Waals surface area contributed by atoms with Crippen LogP contribution < -0.4 is 15.8 Å². The highest BCUT2D eigenvalue weighted by Crippen LogP contribution is 2.16. The Kier molecular flexibility index (Phi) is 11.4. The molecule has 0 saturated carbocycles. The summed E-state index contributed by atoms with van der Waals surface area (Å²) in [5.74, 6) is -0.105. The van der Waals surface area contributed by atoms with Crippen LogP contribution >= 0.6 is 25.9 Å². The van der Waals surface area contributed by atoms with E-state index in [0.29, 0.717) is 11.3 Å². The van der Waals surface area contributed by atoms with Crippen LogP contribution in [0.5, 0.6) is 5.75 Å². The smallest absolute Gasteiger partial charge is 0.251 e. The first-order valence-corrected chi connectivity index (χ1v) is 7.73. The fraction of sp³-hybridized carbons (Fsp3) is 0.211. The zero-order chi connectivity index (χ0) is 17.4. The van der Waals surface area contributed by atoms with Gasteiger partial charge in [-0.3, -0.25) is 4.79 Å². The van der Waals surface area contributed by atoms with Crippen LogP contribution in [0.4, 0.5) is 4.39 Å². The molecule has 0 aliphatic heterocycles. The molecule has 0 unspecified atom stereocenters. The topological polar surface area (TPSA) is 64.3 Å². The lowest BCUT2D eigenvalue weighted by molar-refractivity contribution is 0.0940. The van der Waals surface area contributed by atoms with Gasteiger partial charge in [0.2, 0.25) is 0 Å². The second kappa shape index (κ2) is 12.4. The Morgan fingerprint density at radius 2 is 1.81 bits per heavy atom. The molecule has 0 radical (unpaired) electrons. The van der Waals surface area contributed by atoms with Gasteiger partial charge in [0, 0.05) is 12.1 Å². The van der Waals surface area contributed by atoms with E-state index in [1.54, 1.807) is 24.3 Å². The van der Waals surface area contributed by atoms with Crippen LogP contribution in [-0.4, -0.2) is 19.1 Å². The Morgan fingerprint density at radius 1 is 1.19 bits per heavy atom. The van der Waals surface area contributed by atoms with Gasteiger partial charge in [0.25, 0.3) is 5.91 Å². The normalized spacial score (nSPS) is 11.6. The van der Waals surface area contributed by atoms with E-state index in [2.05, 4.69) is 5.32 Å². The van der Waals surface area contributed by atoms with Crippen LogP contribution in [0, 0.1) is 0 Å². The molecule has 3 N–H and O–H groups in total. The van der Waals surface area contributed by atoms with Crippen molar-refractivity contribution in [3.63, 3.8) is 0 Å². The third kappa shape index (κ3) is 7.47. The van der Waals surface area contributed by atoms with Gasteiger partial charge in [-0.2, -0.15) is 13.5 Å². The Balaban J connectivity index is 0.00000312. The SMILES string of the molecule is C[C@H](NC(=O)c1ccc(OC/C(F)=C\CN)cc1)c1ccccc1.Cl.S. The van der Waals surface area contributed by atoms with Gasteiger partial charge in [0.05, 0.1) is 6.04 Å². The maximum Gasteiger partial charge on any atom is 0.251 e. The van der Waals surface area contributed by atoms with Crippen molar-refractivity contribution in [2.45, 2.75) is 13.0 Å². The minimum absolute atomic E-state index is 0. The molecular formula is C19H24ClFN2O2S. The van der Waals surface area contributed by atoms with Crippen LogP contribution in [0.2, 0.25) is 0 Å². The van der Waals surface area contributed by atoms with Gasteiger partial charge < -0.3 is 15.8 Å². The summed E-state index contributed by atoms with van der Waals surface area (Å²) < 4.78 is 18.5. The molecule has 0 fully saturated rings. The van der Waals surface area contributed by atoms with Crippen molar-refractivity contribution in [3.8, 4) is 5.75 Å². The van der Waals surface area contributed by atoms with Gasteiger partial charge >= 0.3 is 0 Å². The van der Waals surface area contributed by atoms with Crippen molar-refractivity contribution >= 4 is 31.8 Å². The first kappa shape index (κ1) is 24.0. The van der Waals surface area contributed by atoms with E-state index in [1.165, 1.54) is 6.08 Å². The van der Waals surface area contributed by atoms with Crippen molar-refractivity contribution in [3.05, 3.63) is 77.6 Å². The first-order chi connectivity index (χ1) is 11.6. The average molecular weight is 399 g/mol. The molecular weight excluding hydrogens is 375 g/mol. The van der Waals surface area contributed by atoms with Gasteiger partial charge in [-0.1, -0.05) is 30.3 Å². The lowest BCUT2D eigenvalue weighted by Gasteiger charge is -2.14. The number of amides is 1. The molecule has 0 aliphatic rings. The van der Waals surface area contributed by atoms with Gasteiger partial charge in [-0.25, -0.2) is 4.39 Å². The quantitative estimate of drug-likeness (QED) is 0.743. The Bertz CT molecular complexity index is 696. The highest BCUT2D eigenvalue weighted by molar-refractivity contribution is 7.59. The van der Waals surface area contributed by atoms with Crippen molar-refractivity contribution in [1.29, 1.82) is 0 Å². The maximum absolute atomic E-state index is 13.2. The van der Waals surface area contributed by atoms with E-state index < -0.39 is 5.83 Å². The Hall–Kier alpha value is -2.02. The predicted octanol–water partition coefficient (Wildman–Crippen LogP) is 3.90. The standard InChI is InChI=1S/C19H21FN2O2.ClH.H2S/c1-14(15-5-3-2-4-6-15)22-19(23)16-7-9-18(10-8-16)24-13-17(20)11-12-21;;/h2-11,14H,12-13,21H2,1H3,(H,22,23);1H;1H2/b17-11+;;/t14-;;/m0../s1. The third-order valence-corrected chi connectivity index (χ3v) is 3.48. The number of nitrogens with two attached hydrogens (primary N) is 1. The molecule has 7 heteroatoms. The van der Waals surface area contributed by atoms with Crippen molar-refractivity contribution in [2.75, 3.05) is 13.2 Å². The Morgan fingerprint density at radius 3 is 2.38 bits per heavy atom. The van der Waals surface area contributed by atoms with E-state index in [-0.39, 0.29) is 51.0 Å². The molecule has 4 nitrogen and oxygen atoms in total. The highest BCUT2D eigenvalue weighted by atomic mass is 35.5. The first-order valence-electron chi connectivity index (χ1n) is 7.73. The Labute approximate surface area is 166 Å². The lowest BCUT2D eigenvalue weighted by atomic mass is 10.1. The molecule has 26 heavy (non-hydrogen) atoms. The van der Waals surface area contributed by atoms with Crippen molar-refractivity contribution < 1.29 is 13.9 Å². The maximum atomic E-state index is 13.2. The van der Waals surface area contributed by atoms with E-state index in [4.69, 9.17) is 10.5 Å². The molecule has 0 bridgehead atoms. The lowest BCUT2D eigenvalue weighted by Crippen LogP contribution is -2.26. The second-order valence-electron chi connectivity index (χ2n) is 5.31. The molecule has 0 spiro atoms. The molecule has 0 aliphatic carbocycles. The zero-order valence-electron chi connectivity index (χ0n) is 14.4. The minimum atomic E-state index is -0.420. The summed E-state index contributed by atoms with van der Waals surface area (Å²) in [6.07, 6.45) is 1.26. The number of hydrogen-bond donors (Lipinski definition) is 2. The summed E-state index contributed by atoms with van der Waals surface area (Å²) in [6.45, 7) is 1.89. The van der Waals surface area contributed by atoms with E-state index in [1.807, 2.05) is 37.3 Å². The number of rotatable bonds is 7. The molecule has 2 rings (SSSR count). The summed E-state index contributed by atoms with van der Waals surface area (Å²) in [5.41, 5.74) is 6.77. The number of ether oxygens (including phenoxy) is 1. The van der Waals surface area contributed by atoms with Crippen molar-refractivity contribution in [1.82, 2.24) is 5.32 Å². The molecule has 1 atom stereocenters. The number of hydrogen-bond acceptors (Lipinski definition) is 3. The van der Waals surface area contributed by atoms with Crippen LogP contribution in [0.3, 0.4) is 0 Å². The predicted molar refractivity (Wildman–Crippen MR) is 110 cm³/mol. The fourth-order valence-corrected chi connectivity index (χ4v) is 2.15. The summed E-state index contributed by atoms with van der Waals surface area (Å²) in [7, 11) is 0. The van der Waals surface area contributed by atoms with Gasteiger partial charge in [0.15, 0.2) is 0 Å². The number of carbonyl (C=O) groups excluding carboxylic acids is 1. The van der Waals surface area contributed by atoms with Crippen LogP contribution in [-0.2, 0) is 0 Å². The largest absolute Gasteiger partial charge is 0.487 e. The molecule has 0 saturated heterocycles. The van der Waals surface area contributed by atoms with E-state index >= 15 is 0 Å².